The standard InChI is InChI=1S/C19H17F2N3O3S/c1-11-15(18(25)26-9-5-8-22)16(13(10-23)17(24-11)28-2)12-6-3-4-7-14(12)27-19(20)21/h3-4,6-7,16,19,24H,5,9H2,1-2H3/t16-/m1/s1. The smallest absolute Gasteiger partial charge is 0.387 e. The summed E-state index contributed by atoms with van der Waals surface area (Å²) in [7, 11) is 0. The first-order valence-corrected chi connectivity index (χ1v) is 9.40. The minimum atomic E-state index is -3.06. The molecule has 146 valence electrons. The zero-order valence-corrected chi connectivity index (χ0v) is 16.0. The van der Waals surface area contributed by atoms with Crippen LogP contribution in [0.15, 0.2) is 46.1 Å². The van der Waals surface area contributed by atoms with Crippen LogP contribution in [0.5, 0.6) is 5.75 Å². The molecule has 28 heavy (non-hydrogen) atoms. The highest BCUT2D eigenvalue weighted by Crippen LogP contribution is 2.43. The topological polar surface area (TPSA) is 95.1 Å². The predicted octanol–water partition coefficient (Wildman–Crippen LogP) is 3.80. The van der Waals surface area contributed by atoms with Gasteiger partial charge in [-0.1, -0.05) is 18.2 Å². The Bertz CT molecular complexity index is 900. The van der Waals surface area contributed by atoms with Crippen molar-refractivity contribution >= 4 is 17.7 Å². The maximum Gasteiger partial charge on any atom is 0.387 e. The van der Waals surface area contributed by atoms with Gasteiger partial charge < -0.3 is 14.8 Å². The summed E-state index contributed by atoms with van der Waals surface area (Å²) in [5, 5.41) is 21.9. The van der Waals surface area contributed by atoms with Crippen LogP contribution in [0, 0.1) is 22.7 Å². The Labute approximate surface area is 165 Å². The number of carbonyl (C=O) groups excluding carboxylic acids is 1. The summed E-state index contributed by atoms with van der Waals surface area (Å²) in [6, 6.07) is 9.95. The van der Waals surface area contributed by atoms with Gasteiger partial charge in [0.1, 0.15) is 12.4 Å². The van der Waals surface area contributed by atoms with Crippen LogP contribution in [0.3, 0.4) is 0 Å². The molecule has 0 aliphatic carbocycles. The van der Waals surface area contributed by atoms with Crippen molar-refractivity contribution in [1.29, 1.82) is 10.5 Å². The van der Waals surface area contributed by atoms with Crippen LogP contribution < -0.4 is 10.1 Å². The van der Waals surface area contributed by atoms with Gasteiger partial charge >= 0.3 is 12.6 Å². The van der Waals surface area contributed by atoms with E-state index in [0.29, 0.717) is 10.7 Å². The van der Waals surface area contributed by atoms with E-state index in [1.54, 1.807) is 19.2 Å². The summed E-state index contributed by atoms with van der Waals surface area (Å²) >= 11 is 1.26. The Morgan fingerprint density at radius 2 is 2.07 bits per heavy atom. The van der Waals surface area contributed by atoms with Crippen LogP contribution in [-0.2, 0) is 9.53 Å². The van der Waals surface area contributed by atoms with Gasteiger partial charge in [-0.3, -0.25) is 0 Å². The molecule has 0 bridgehead atoms. The van der Waals surface area contributed by atoms with Crippen molar-refractivity contribution in [3.63, 3.8) is 0 Å². The highest BCUT2D eigenvalue weighted by molar-refractivity contribution is 8.02. The molecule has 0 spiro atoms. The molecule has 2 rings (SSSR count). The van der Waals surface area contributed by atoms with Crippen LogP contribution in [0.2, 0.25) is 0 Å². The number of allylic oxidation sites excluding steroid dienone is 2. The highest BCUT2D eigenvalue weighted by Gasteiger charge is 2.37. The molecule has 1 aromatic rings. The molecule has 0 fully saturated rings. The molecule has 0 aromatic heterocycles. The number of halogens is 2. The lowest BCUT2D eigenvalue weighted by atomic mass is 9.82. The highest BCUT2D eigenvalue weighted by atomic mass is 32.2. The van der Waals surface area contributed by atoms with Gasteiger partial charge in [0.05, 0.1) is 40.7 Å². The normalized spacial score (nSPS) is 16.3. The number of nitriles is 2. The lowest BCUT2D eigenvalue weighted by molar-refractivity contribution is -0.139. The van der Waals surface area contributed by atoms with Crippen molar-refractivity contribution in [2.75, 3.05) is 12.9 Å². The van der Waals surface area contributed by atoms with Gasteiger partial charge in [-0.05, 0) is 19.2 Å². The maximum atomic E-state index is 12.9. The van der Waals surface area contributed by atoms with E-state index in [0.717, 1.165) is 0 Å². The number of ether oxygens (including phenoxy) is 2. The van der Waals surface area contributed by atoms with E-state index in [1.165, 1.54) is 30.0 Å². The average molecular weight is 405 g/mol. The van der Waals surface area contributed by atoms with Crippen molar-refractivity contribution in [2.24, 2.45) is 0 Å². The van der Waals surface area contributed by atoms with Gasteiger partial charge in [0.25, 0.3) is 0 Å². The van der Waals surface area contributed by atoms with Crippen molar-refractivity contribution < 1.29 is 23.0 Å². The molecular formula is C19H17F2N3O3S. The van der Waals surface area contributed by atoms with Crippen LogP contribution in [0.25, 0.3) is 0 Å². The summed E-state index contributed by atoms with van der Waals surface area (Å²) in [6.07, 6.45) is 1.76. The zero-order valence-electron chi connectivity index (χ0n) is 15.2. The monoisotopic (exact) mass is 405 g/mol. The summed E-state index contributed by atoms with van der Waals surface area (Å²) in [6.45, 7) is -1.54. The number of esters is 1. The fraction of sp³-hybridized carbons (Fsp3) is 0.316. The molecular weight excluding hydrogens is 388 g/mol. The molecule has 0 unspecified atom stereocenters. The van der Waals surface area contributed by atoms with Crippen molar-refractivity contribution in [3.05, 3.63) is 51.7 Å². The number of nitrogens with zero attached hydrogens (tertiary/aromatic N) is 2. The number of dihydropyridines is 1. The van der Waals surface area contributed by atoms with Gasteiger partial charge in [0.15, 0.2) is 0 Å². The number of nitrogens with one attached hydrogen (secondary N) is 1. The fourth-order valence-corrected chi connectivity index (χ4v) is 3.48. The second-order valence-corrected chi connectivity index (χ2v) is 6.43. The Hall–Kier alpha value is -3.04. The van der Waals surface area contributed by atoms with E-state index >= 15 is 0 Å². The van der Waals surface area contributed by atoms with E-state index in [-0.39, 0.29) is 35.5 Å². The summed E-state index contributed by atoms with van der Waals surface area (Å²) in [5.41, 5.74) is 0.981. The number of hydrogen-bond acceptors (Lipinski definition) is 7. The molecule has 9 heteroatoms. The van der Waals surface area contributed by atoms with Crippen LogP contribution in [0.1, 0.15) is 24.8 Å². The van der Waals surface area contributed by atoms with Crippen LogP contribution in [0.4, 0.5) is 8.78 Å². The third kappa shape index (κ3) is 4.62. The molecule has 1 N–H and O–H groups in total. The molecule has 0 saturated heterocycles. The van der Waals surface area contributed by atoms with Gasteiger partial charge in [0, 0.05) is 11.3 Å². The third-order valence-corrected chi connectivity index (χ3v) is 4.69. The van der Waals surface area contributed by atoms with Crippen molar-refractivity contribution in [1.82, 2.24) is 5.32 Å². The molecule has 1 aromatic carbocycles. The van der Waals surface area contributed by atoms with E-state index < -0.39 is 18.5 Å². The molecule has 1 aliphatic heterocycles. The third-order valence-electron chi connectivity index (χ3n) is 3.96. The predicted molar refractivity (Wildman–Crippen MR) is 99.0 cm³/mol. The first kappa shape index (κ1) is 21.3. The number of carbonyl (C=O) groups is 1. The second-order valence-electron chi connectivity index (χ2n) is 5.62. The number of rotatable bonds is 7. The largest absolute Gasteiger partial charge is 0.461 e. The van der Waals surface area contributed by atoms with Crippen molar-refractivity contribution in [2.45, 2.75) is 25.9 Å². The number of hydrogen-bond donors (Lipinski definition) is 1. The van der Waals surface area contributed by atoms with Gasteiger partial charge in [0.2, 0.25) is 0 Å². The molecule has 0 amide bonds. The Kier molecular flexibility index (Phi) is 7.42. The molecule has 0 saturated carbocycles. The molecule has 1 aliphatic rings. The Morgan fingerprint density at radius 1 is 1.36 bits per heavy atom. The number of para-hydroxylation sites is 1. The first-order chi connectivity index (χ1) is 13.4. The van der Waals surface area contributed by atoms with Crippen LogP contribution >= 0.6 is 11.8 Å². The lowest BCUT2D eigenvalue weighted by Gasteiger charge is -2.29. The fourth-order valence-electron chi connectivity index (χ4n) is 2.84. The summed E-state index contributed by atoms with van der Waals surface area (Å²) < 4.78 is 35.5. The molecule has 1 heterocycles. The quantitative estimate of drug-likeness (QED) is 0.544. The van der Waals surface area contributed by atoms with Gasteiger partial charge in [-0.2, -0.15) is 19.3 Å². The van der Waals surface area contributed by atoms with Gasteiger partial charge in [-0.15, -0.1) is 11.8 Å². The Morgan fingerprint density at radius 3 is 2.68 bits per heavy atom. The second kappa shape index (κ2) is 9.77. The zero-order chi connectivity index (χ0) is 20.7. The van der Waals surface area contributed by atoms with E-state index in [9.17, 15) is 18.8 Å². The van der Waals surface area contributed by atoms with E-state index in [1.807, 2.05) is 6.07 Å². The van der Waals surface area contributed by atoms with E-state index in [2.05, 4.69) is 16.1 Å². The van der Waals surface area contributed by atoms with Crippen molar-refractivity contribution in [3.8, 4) is 17.9 Å². The minimum Gasteiger partial charge on any atom is -0.461 e. The number of benzene rings is 1. The number of thioether (sulfide) groups is 1. The summed E-state index contributed by atoms with van der Waals surface area (Å²) in [4.78, 5) is 12.7. The molecule has 6 nitrogen and oxygen atoms in total. The molecule has 0 radical (unpaired) electrons. The van der Waals surface area contributed by atoms with E-state index in [4.69, 9.17) is 10.00 Å². The number of alkyl halides is 2. The maximum absolute atomic E-state index is 12.9. The minimum absolute atomic E-state index is 0.0122. The lowest BCUT2D eigenvalue weighted by Crippen LogP contribution is -2.29. The summed E-state index contributed by atoms with van der Waals surface area (Å²) in [5.74, 6) is -1.81. The SMILES string of the molecule is CSC1=C(C#N)[C@@H](c2ccccc2OC(F)F)C(C(=O)OCCC#N)=C(C)N1. The van der Waals surface area contributed by atoms with Gasteiger partial charge in [-0.25, -0.2) is 4.79 Å². The first-order valence-electron chi connectivity index (χ1n) is 8.18. The average Bonchev–Trinajstić information content (AvgIpc) is 2.67. The van der Waals surface area contributed by atoms with Crippen LogP contribution in [-0.4, -0.2) is 25.4 Å². The molecule has 1 atom stereocenters. The Balaban J connectivity index is 2.61.